The van der Waals surface area contributed by atoms with E-state index < -0.39 is 5.60 Å². The number of carbonyl (C=O) groups is 1. The lowest BCUT2D eigenvalue weighted by molar-refractivity contribution is -0.136. The SMILES string of the molecule is O=C(Cc1cc(Cl)cc2c1OCC2)C1(O)CCCC1. The Labute approximate surface area is 117 Å². The Morgan fingerprint density at radius 2 is 2.11 bits per heavy atom. The van der Waals surface area contributed by atoms with Crippen molar-refractivity contribution in [3.05, 3.63) is 28.3 Å². The van der Waals surface area contributed by atoms with Crippen LogP contribution in [0.1, 0.15) is 36.8 Å². The van der Waals surface area contributed by atoms with E-state index in [-0.39, 0.29) is 12.2 Å². The second-order valence-corrected chi connectivity index (χ2v) is 5.93. The number of ether oxygens (including phenoxy) is 1. The van der Waals surface area contributed by atoms with Crippen LogP contribution < -0.4 is 4.74 Å². The largest absolute Gasteiger partial charge is 0.493 e. The first-order valence-electron chi connectivity index (χ1n) is 6.78. The van der Waals surface area contributed by atoms with Crippen molar-refractivity contribution in [1.82, 2.24) is 0 Å². The van der Waals surface area contributed by atoms with E-state index in [4.69, 9.17) is 16.3 Å². The third kappa shape index (κ3) is 2.37. The minimum Gasteiger partial charge on any atom is -0.493 e. The Kier molecular flexibility index (Phi) is 3.27. The lowest BCUT2D eigenvalue weighted by Gasteiger charge is -2.21. The topological polar surface area (TPSA) is 46.5 Å². The standard InChI is InChI=1S/C15H17ClO3/c16-12-7-10-3-6-19-14(10)11(8-12)9-13(17)15(18)4-1-2-5-15/h7-8,18H,1-6,9H2. The van der Waals surface area contributed by atoms with Crippen LogP contribution in [0.15, 0.2) is 12.1 Å². The van der Waals surface area contributed by atoms with Gasteiger partial charge in [-0.2, -0.15) is 0 Å². The zero-order valence-corrected chi connectivity index (χ0v) is 11.5. The zero-order chi connectivity index (χ0) is 13.5. The molecule has 1 aliphatic carbocycles. The summed E-state index contributed by atoms with van der Waals surface area (Å²) < 4.78 is 5.59. The first-order valence-corrected chi connectivity index (χ1v) is 7.16. The van der Waals surface area contributed by atoms with Gasteiger partial charge in [0.15, 0.2) is 5.78 Å². The first kappa shape index (κ1) is 12.9. The van der Waals surface area contributed by atoms with E-state index in [0.717, 1.165) is 36.1 Å². The summed E-state index contributed by atoms with van der Waals surface area (Å²) in [4.78, 5) is 12.3. The third-order valence-corrected chi connectivity index (χ3v) is 4.34. The molecule has 1 saturated carbocycles. The molecule has 0 aromatic heterocycles. The van der Waals surface area contributed by atoms with Gasteiger partial charge in [0, 0.05) is 23.4 Å². The lowest BCUT2D eigenvalue weighted by Crippen LogP contribution is -2.36. The number of ketones is 1. The third-order valence-electron chi connectivity index (χ3n) is 4.13. The zero-order valence-electron chi connectivity index (χ0n) is 10.7. The highest BCUT2D eigenvalue weighted by Gasteiger charge is 2.38. The lowest BCUT2D eigenvalue weighted by atomic mass is 9.91. The molecule has 3 nitrogen and oxygen atoms in total. The fourth-order valence-corrected chi connectivity index (χ4v) is 3.32. The summed E-state index contributed by atoms with van der Waals surface area (Å²) in [7, 11) is 0. The number of carbonyl (C=O) groups excluding carboxylic acids is 1. The number of hydrogen-bond donors (Lipinski definition) is 1. The molecule has 1 aromatic carbocycles. The van der Waals surface area contributed by atoms with E-state index in [2.05, 4.69) is 0 Å². The van der Waals surface area contributed by atoms with Crippen molar-refractivity contribution in [2.75, 3.05) is 6.61 Å². The van der Waals surface area contributed by atoms with Gasteiger partial charge in [-0.25, -0.2) is 0 Å². The van der Waals surface area contributed by atoms with Crippen molar-refractivity contribution in [3.63, 3.8) is 0 Å². The number of halogens is 1. The Hall–Kier alpha value is -1.06. The number of Topliss-reactive ketones (excluding diaryl/α,β-unsaturated/α-hetero) is 1. The summed E-state index contributed by atoms with van der Waals surface area (Å²) in [5.74, 6) is 0.685. The second-order valence-electron chi connectivity index (χ2n) is 5.49. The molecular formula is C15H17ClO3. The van der Waals surface area contributed by atoms with E-state index in [9.17, 15) is 9.90 Å². The van der Waals surface area contributed by atoms with Gasteiger partial charge in [0.25, 0.3) is 0 Å². The van der Waals surface area contributed by atoms with Gasteiger partial charge in [0.1, 0.15) is 11.4 Å². The fraction of sp³-hybridized carbons (Fsp3) is 0.533. The fourth-order valence-electron chi connectivity index (χ4n) is 3.05. The molecule has 0 saturated heterocycles. The molecule has 0 spiro atoms. The average molecular weight is 281 g/mol. The van der Waals surface area contributed by atoms with Crippen LogP contribution in [0, 0.1) is 0 Å². The average Bonchev–Trinajstić information content (AvgIpc) is 2.98. The van der Waals surface area contributed by atoms with Gasteiger partial charge in [-0.05, 0) is 43.4 Å². The van der Waals surface area contributed by atoms with Crippen LogP contribution in [0.5, 0.6) is 5.75 Å². The van der Waals surface area contributed by atoms with Crippen LogP contribution in [0.4, 0.5) is 0 Å². The number of rotatable bonds is 3. The molecule has 1 aromatic rings. The molecule has 102 valence electrons. The first-order chi connectivity index (χ1) is 9.08. The van der Waals surface area contributed by atoms with Crippen molar-refractivity contribution in [2.24, 2.45) is 0 Å². The molecule has 0 amide bonds. The molecule has 19 heavy (non-hydrogen) atoms. The Bertz CT molecular complexity index is 518. The highest BCUT2D eigenvalue weighted by molar-refractivity contribution is 6.30. The van der Waals surface area contributed by atoms with Gasteiger partial charge in [-0.3, -0.25) is 4.79 Å². The van der Waals surface area contributed by atoms with Crippen LogP contribution in [0.25, 0.3) is 0 Å². The van der Waals surface area contributed by atoms with Crippen LogP contribution in [0.2, 0.25) is 5.02 Å². The van der Waals surface area contributed by atoms with Crippen molar-refractivity contribution in [2.45, 2.75) is 44.1 Å². The molecule has 1 heterocycles. The smallest absolute Gasteiger partial charge is 0.168 e. The second kappa shape index (κ2) is 4.80. The van der Waals surface area contributed by atoms with Crippen molar-refractivity contribution < 1.29 is 14.6 Å². The van der Waals surface area contributed by atoms with E-state index in [1.165, 1.54) is 0 Å². The number of aliphatic hydroxyl groups is 1. The van der Waals surface area contributed by atoms with E-state index in [1.807, 2.05) is 6.07 Å². The molecule has 3 rings (SSSR count). The number of benzene rings is 1. The summed E-state index contributed by atoms with van der Waals surface area (Å²) in [6, 6.07) is 3.67. The number of hydrogen-bond acceptors (Lipinski definition) is 3. The maximum Gasteiger partial charge on any atom is 0.168 e. The quantitative estimate of drug-likeness (QED) is 0.926. The summed E-state index contributed by atoms with van der Waals surface area (Å²) in [6.45, 7) is 0.640. The molecule has 4 heteroatoms. The molecule has 1 N–H and O–H groups in total. The number of fused-ring (bicyclic) bond motifs is 1. The highest BCUT2D eigenvalue weighted by atomic mass is 35.5. The minimum atomic E-state index is -1.13. The summed E-state index contributed by atoms with van der Waals surface area (Å²) in [6.07, 6.45) is 4.05. The molecular weight excluding hydrogens is 264 g/mol. The van der Waals surface area contributed by atoms with Crippen molar-refractivity contribution in [1.29, 1.82) is 0 Å². The van der Waals surface area contributed by atoms with Crippen molar-refractivity contribution in [3.8, 4) is 5.75 Å². The summed E-state index contributed by atoms with van der Waals surface area (Å²) in [5.41, 5.74) is 0.743. The van der Waals surface area contributed by atoms with Crippen LogP contribution in [0.3, 0.4) is 0 Å². The maximum absolute atomic E-state index is 12.3. The summed E-state index contributed by atoms with van der Waals surface area (Å²) >= 11 is 6.08. The Morgan fingerprint density at radius 3 is 2.84 bits per heavy atom. The van der Waals surface area contributed by atoms with Gasteiger partial charge < -0.3 is 9.84 Å². The van der Waals surface area contributed by atoms with Gasteiger partial charge in [0.2, 0.25) is 0 Å². The molecule has 0 atom stereocenters. The predicted octanol–water partition coefficient (Wildman–Crippen LogP) is 2.69. The molecule has 0 radical (unpaired) electrons. The van der Waals surface area contributed by atoms with E-state index in [1.54, 1.807) is 6.07 Å². The highest BCUT2D eigenvalue weighted by Crippen LogP contribution is 2.36. The predicted molar refractivity (Wildman–Crippen MR) is 72.8 cm³/mol. The summed E-state index contributed by atoms with van der Waals surface area (Å²) in [5, 5.41) is 10.9. The van der Waals surface area contributed by atoms with Gasteiger partial charge in [-0.1, -0.05) is 11.6 Å². The maximum atomic E-state index is 12.3. The van der Waals surface area contributed by atoms with Gasteiger partial charge >= 0.3 is 0 Å². The molecule has 1 aliphatic heterocycles. The van der Waals surface area contributed by atoms with Crippen LogP contribution >= 0.6 is 11.6 Å². The monoisotopic (exact) mass is 280 g/mol. The van der Waals surface area contributed by atoms with Crippen LogP contribution in [-0.4, -0.2) is 23.1 Å². The molecule has 2 aliphatic rings. The van der Waals surface area contributed by atoms with Gasteiger partial charge in [0.05, 0.1) is 6.61 Å². The normalized spacial score (nSPS) is 20.1. The molecule has 0 unspecified atom stereocenters. The van der Waals surface area contributed by atoms with E-state index >= 15 is 0 Å². The molecule has 1 fully saturated rings. The Morgan fingerprint density at radius 1 is 1.37 bits per heavy atom. The van der Waals surface area contributed by atoms with Gasteiger partial charge in [-0.15, -0.1) is 0 Å². The van der Waals surface area contributed by atoms with Crippen LogP contribution in [-0.2, 0) is 17.6 Å². The Balaban J connectivity index is 1.86. The van der Waals surface area contributed by atoms with Crippen molar-refractivity contribution >= 4 is 17.4 Å². The van der Waals surface area contributed by atoms with E-state index in [0.29, 0.717) is 24.5 Å². The molecule has 0 bridgehead atoms. The minimum absolute atomic E-state index is 0.107.